The number of hydrogen-bond acceptors (Lipinski definition) is 5. The summed E-state index contributed by atoms with van der Waals surface area (Å²) >= 11 is 12.5. The molecule has 2 atom stereocenters. The van der Waals surface area contributed by atoms with Gasteiger partial charge >= 0.3 is 6.03 Å². The van der Waals surface area contributed by atoms with Gasteiger partial charge in [0, 0.05) is 61.2 Å². The van der Waals surface area contributed by atoms with Crippen LogP contribution in [0.2, 0.25) is 10.0 Å². The van der Waals surface area contributed by atoms with Crippen molar-refractivity contribution in [3.63, 3.8) is 0 Å². The predicted octanol–water partition coefficient (Wildman–Crippen LogP) is 4.68. The highest BCUT2D eigenvalue weighted by Gasteiger charge is 2.33. The van der Waals surface area contributed by atoms with Crippen LogP contribution in [-0.2, 0) is 16.0 Å². The number of likely N-dealkylation sites (tertiary alicyclic amines) is 2. The molecule has 0 spiro atoms. The van der Waals surface area contributed by atoms with Crippen LogP contribution in [0.25, 0.3) is 0 Å². The van der Waals surface area contributed by atoms with E-state index in [-0.39, 0.29) is 24.0 Å². The molecule has 3 aliphatic heterocycles. The molecule has 0 aliphatic carbocycles. The van der Waals surface area contributed by atoms with Crippen molar-refractivity contribution in [3.05, 3.63) is 57.8 Å². The Bertz CT molecular complexity index is 1130. The zero-order valence-corrected chi connectivity index (χ0v) is 22.9. The molecule has 204 valence electrons. The summed E-state index contributed by atoms with van der Waals surface area (Å²) in [4.78, 5) is 35.0. The third kappa shape index (κ3) is 6.53. The summed E-state index contributed by atoms with van der Waals surface area (Å²) in [5, 5.41) is 4.02. The van der Waals surface area contributed by atoms with Gasteiger partial charge < -0.3 is 24.6 Å². The molecule has 3 aliphatic rings. The maximum absolute atomic E-state index is 13.7. The van der Waals surface area contributed by atoms with Gasteiger partial charge in [0.25, 0.3) is 0 Å². The number of carbonyl (C=O) groups excluding carboxylic acids is 2. The minimum absolute atomic E-state index is 0.0549. The van der Waals surface area contributed by atoms with Gasteiger partial charge in [-0.25, -0.2) is 4.79 Å². The van der Waals surface area contributed by atoms with E-state index in [2.05, 4.69) is 10.3 Å². The summed E-state index contributed by atoms with van der Waals surface area (Å²) in [6.07, 6.45) is 6.54. The Morgan fingerprint density at radius 1 is 1.08 bits per heavy atom. The second-order valence-corrected chi connectivity index (χ2v) is 11.1. The van der Waals surface area contributed by atoms with E-state index in [4.69, 9.17) is 32.7 Å². The highest BCUT2D eigenvalue weighted by Crippen LogP contribution is 2.34. The fourth-order valence-electron chi connectivity index (χ4n) is 5.46. The number of hydrogen-bond donors (Lipinski definition) is 1. The number of ether oxygens (including phenoxy) is 2. The van der Waals surface area contributed by atoms with Gasteiger partial charge in [0.2, 0.25) is 5.91 Å². The van der Waals surface area contributed by atoms with Gasteiger partial charge in [-0.15, -0.1) is 0 Å². The number of urea groups is 1. The Kier molecular flexibility index (Phi) is 8.92. The molecule has 10 heteroatoms. The number of pyridine rings is 1. The van der Waals surface area contributed by atoms with E-state index in [1.807, 2.05) is 23.1 Å². The van der Waals surface area contributed by atoms with Crippen LogP contribution in [0.1, 0.15) is 49.3 Å². The van der Waals surface area contributed by atoms with Crippen molar-refractivity contribution >= 4 is 35.1 Å². The average Bonchev–Trinajstić information content (AvgIpc) is 3.65. The maximum atomic E-state index is 13.7. The van der Waals surface area contributed by atoms with E-state index >= 15 is 0 Å². The van der Waals surface area contributed by atoms with Gasteiger partial charge in [-0.2, -0.15) is 0 Å². The first-order chi connectivity index (χ1) is 18.5. The smallest absolute Gasteiger partial charge is 0.318 e. The average molecular weight is 562 g/mol. The number of amides is 3. The molecule has 1 N–H and O–H groups in total. The van der Waals surface area contributed by atoms with E-state index in [1.165, 1.54) is 0 Å². The molecule has 4 heterocycles. The molecular formula is C28H34Cl2N4O4. The molecule has 0 unspecified atom stereocenters. The van der Waals surface area contributed by atoms with Crippen molar-refractivity contribution < 1.29 is 19.1 Å². The summed E-state index contributed by atoms with van der Waals surface area (Å²) in [7, 11) is 0. The fourth-order valence-corrected chi connectivity index (χ4v) is 5.94. The maximum Gasteiger partial charge on any atom is 0.318 e. The Balaban J connectivity index is 1.26. The van der Waals surface area contributed by atoms with Crippen LogP contribution >= 0.6 is 23.2 Å². The van der Waals surface area contributed by atoms with Gasteiger partial charge in [-0.3, -0.25) is 9.78 Å². The molecule has 0 saturated carbocycles. The summed E-state index contributed by atoms with van der Waals surface area (Å²) < 4.78 is 11.7. The molecule has 8 nitrogen and oxygen atoms in total. The molecule has 5 rings (SSSR count). The van der Waals surface area contributed by atoms with Crippen LogP contribution in [0.5, 0.6) is 5.75 Å². The lowest BCUT2D eigenvalue weighted by Gasteiger charge is -2.35. The summed E-state index contributed by atoms with van der Waals surface area (Å²) in [6.45, 7) is 3.90. The highest BCUT2D eigenvalue weighted by molar-refractivity contribution is 6.35. The normalized spacial score (nSPS) is 20.9. The zero-order valence-electron chi connectivity index (χ0n) is 21.4. The van der Waals surface area contributed by atoms with Crippen LogP contribution < -0.4 is 10.1 Å². The van der Waals surface area contributed by atoms with E-state index in [1.54, 1.807) is 23.2 Å². The summed E-state index contributed by atoms with van der Waals surface area (Å²) in [5.41, 5.74) is 1.72. The van der Waals surface area contributed by atoms with Crippen LogP contribution in [0.3, 0.4) is 0 Å². The Hall–Kier alpha value is -2.55. The molecule has 0 radical (unpaired) electrons. The second-order valence-electron chi connectivity index (χ2n) is 10.2. The summed E-state index contributed by atoms with van der Waals surface area (Å²) in [5.74, 6) is 0.907. The molecule has 1 aromatic heterocycles. The quantitative estimate of drug-likeness (QED) is 0.531. The monoisotopic (exact) mass is 560 g/mol. The van der Waals surface area contributed by atoms with Gasteiger partial charge in [-0.05, 0) is 55.5 Å². The highest BCUT2D eigenvalue weighted by atomic mass is 35.5. The Labute approximate surface area is 233 Å². The molecule has 38 heavy (non-hydrogen) atoms. The van der Waals surface area contributed by atoms with E-state index < -0.39 is 6.04 Å². The van der Waals surface area contributed by atoms with Crippen LogP contribution in [-0.4, -0.2) is 78.3 Å². The standard InChI is InChI=1S/C28H34Cl2N4O4/c29-21-6-5-20(23(30)17-21)16-24(32-28(36)34-11-1-2-12-34)27(35)33-13-7-19(8-14-33)26-25(4-3-10-31-26)38-22-9-15-37-18-22/h3-6,10,17,19,22,24H,1-2,7-9,11-16,18H2,(H,32,36)/t22-,24-/m1/s1. The number of carbonyl (C=O) groups is 2. The van der Waals surface area contributed by atoms with Crippen molar-refractivity contribution in [1.82, 2.24) is 20.1 Å². The topological polar surface area (TPSA) is 84.0 Å². The fraction of sp³-hybridized carbons (Fsp3) is 0.536. The number of piperidine rings is 1. The van der Waals surface area contributed by atoms with Gasteiger partial charge in [0.15, 0.2) is 0 Å². The number of nitrogens with one attached hydrogen (secondary N) is 1. The number of nitrogens with zero attached hydrogens (tertiary/aromatic N) is 3. The molecule has 1 aromatic carbocycles. The third-order valence-corrected chi connectivity index (χ3v) is 8.19. The lowest BCUT2D eigenvalue weighted by molar-refractivity contribution is -0.134. The summed E-state index contributed by atoms with van der Waals surface area (Å²) in [6, 6.07) is 8.18. The molecular weight excluding hydrogens is 527 g/mol. The first-order valence-electron chi connectivity index (χ1n) is 13.5. The Morgan fingerprint density at radius 3 is 2.58 bits per heavy atom. The van der Waals surface area contributed by atoms with Gasteiger partial charge in [-0.1, -0.05) is 29.3 Å². The van der Waals surface area contributed by atoms with Crippen LogP contribution in [0, 0.1) is 0 Å². The number of halogens is 2. The van der Waals surface area contributed by atoms with E-state index in [0.717, 1.165) is 55.7 Å². The van der Waals surface area contributed by atoms with Crippen molar-refractivity contribution in [3.8, 4) is 5.75 Å². The Morgan fingerprint density at radius 2 is 1.87 bits per heavy atom. The molecule has 3 saturated heterocycles. The van der Waals surface area contributed by atoms with Gasteiger partial charge in [0.1, 0.15) is 17.9 Å². The van der Waals surface area contributed by atoms with Crippen molar-refractivity contribution in [1.29, 1.82) is 0 Å². The van der Waals surface area contributed by atoms with Crippen molar-refractivity contribution in [2.45, 2.75) is 56.6 Å². The van der Waals surface area contributed by atoms with E-state index in [0.29, 0.717) is 49.3 Å². The SMILES string of the molecule is O=C(N[C@H](Cc1ccc(Cl)cc1Cl)C(=O)N1CCC(c2ncccc2O[C@@H]2CCOC2)CC1)N1CCCC1. The minimum Gasteiger partial charge on any atom is -0.486 e. The first kappa shape index (κ1) is 27.0. The first-order valence-corrected chi connectivity index (χ1v) is 14.2. The number of aromatic nitrogens is 1. The lowest BCUT2D eigenvalue weighted by Crippen LogP contribution is -2.54. The molecule has 2 aromatic rings. The van der Waals surface area contributed by atoms with Gasteiger partial charge in [0.05, 0.1) is 18.9 Å². The molecule has 3 fully saturated rings. The molecule has 0 bridgehead atoms. The van der Waals surface area contributed by atoms with E-state index in [9.17, 15) is 9.59 Å². The van der Waals surface area contributed by atoms with Crippen LogP contribution in [0.4, 0.5) is 4.79 Å². The predicted molar refractivity (Wildman–Crippen MR) is 146 cm³/mol. The number of benzene rings is 1. The van der Waals surface area contributed by atoms with Crippen LogP contribution in [0.15, 0.2) is 36.5 Å². The zero-order chi connectivity index (χ0) is 26.5. The second kappa shape index (κ2) is 12.5. The molecule has 3 amide bonds. The third-order valence-electron chi connectivity index (χ3n) is 7.60. The van der Waals surface area contributed by atoms with Crippen molar-refractivity contribution in [2.24, 2.45) is 0 Å². The largest absolute Gasteiger partial charge is 0.486 e. The lowest BCUT2D eigenvalue weighted by atomic mass is 9.91. The minimum atomic E-state index is -0.713. The number of rotatable bonds is 7. The van der Waals surface area contributed by atoms with Crippen molar-refractivity contribution in [2.75, 3.05) is 39.4 Å².